The average Bonchev–Trinajstić information content (AvgIpc) is 3.22. The van der Waals surface area contributed by atoms with Crippen molar-refractivity contribution in [1.29, 1.82) is 0 Å². The van der Waals surface area contributed by atoms with Crippen molar-refractivity contribution in [3.05, 3.63) is 54.3 Å². The van der Waals surface area contributed by atoms with E-state index in [0.717, 1.165) is 11.4 Å². The van der Waals surface area contributed by atoms with Gasteiger partial charge in [-0.05, 0) is 25.0 Å². The van der Waals surface area contributed by atoms with Crippen molar-refractivity contribution in [3.8, 4) is 0 Å². The number of aliphatic imine (C=N–C) groups is 1. The molecule has 1 heterocycles. The molecule has 2 nitrogen and oxygen atoms in total. The monoisotopic (exact) mass is 243 g/mol. The van der Waals surface area contributed by atoms with Gasteiger partial charge in [-0.2, -0.15) is 0 Å². The van der Waals surface area contributed by atoms with Gasteiger partial charge in [0.05, 0.1) is 6.04 Å². The fraction of sp³-hybridized carbons (Fsp3) is 0.333. The summed E-state index contributed by atoms with van der Waals surface area (Å²) in [6.07, 6.45) is 8.10. The van der Waals surface area contributed by atoms with Gasteiger partial charge in [0, 0.05) is 24.2 Å². The lowest BCUT2D eigenvalue weighted by Crippen LogP contribution is -2.37. The third-order valence-electron chi connectivity index (χ3n) is 3.46. The molecular weight excluding hydrogens is 227 g/mol. The van der Waals surface area contributed by atoms with Gasteiger partial charge in [0.2, 0.25) is 0 Å². The van der Waals surface area contributed by atoms with Crippen LogP contribution < -0.4 is 0 Å². The Kier molecular flexibility index (Phi) is 2.90. The van der Waals surface area contributed by atoms with Crippen LogP contribution in [0.1, 0.15) is 31.4 Å². The van der Waals surface area contributed by atoms with Gasteiger partial charge in [-0.1, -0.05) is 25.1 Å². The first-order chi connectivity index (χ1) is 8.81. The summed E-state index contributed by atoms with van der Waals surface area (Å²) in [5.41, 5.74) is 0.731. The largest absolute Gasteiger partial charge is 0.346 e. The van der Waals surface area contributed by atoms with Gasteiger partial charge in [-0.15, -0.1) is 0 Å². The maximum Gasteiger partial charge on any atom is 0.128 e. The highest BCUT2D eigenvalue weighted by atomic mass is 19.1. The van der Waals surface area contributed by atoms with Gasteiger partial charge in [-0.25, -0.2) is 9.38 Å². The Morgan fingerprint density at radius 1 is 1.33 bits per heavy atom. The molecule has 1 atom stereocenters. The molecule has 0 N–H and O–H groups in total. The number of benzene rings is 1. The lowest BCUT2D eigenvalue weighted by atomic mass is 10.0. The number of nitrogens with zero attached hydrogens (tertiary/aromatic N) is 2. The minimum Gasteiger partial charge on any atom is -0.346 e. The molecule has 1 aromatic rings. The molecule has 0 amide bonds. The van der Waals surface area contributed by atoms with Crippen LogP contribution in [0.3, 0.4) is 0 Å². The Morgan fingerprint density at radius 2 is 2.11 bits per heavy atom. The molecule has 0 aromatic heterocycles. The van der Waals surface area contributed by atoms with E-state index in [2.05, 4.69) is 9.89 Å². The van der Waals surface area contributed by atoms with Crippen LogP contribution in [0, 0.1) is 12.2 Å². The molecule has 1 aliphatic carbocycles. The highest BCUT2D eigenvalue weighted by Gasteiger charge is 2.37. The van der Waals surface area contributed by atoms with E-state index in [4.69, 9.17) is 0 Å². The van der Waals surface area contributed by atoms with Crippen LogP contribution >= 0.6 is 0 Å². The van der Waals surface area contributed by atoms with Crippen LogP contribution in [-0.2, 0) is 0 Å². The van der Waals surface area contributed by atoms with Crippen LogP contribution in [-0.4, -0.2) is 16.8 Å². The van der Waals surface area contributed by atoms with Crippen molar-refractivity contribution in [3.63, 3.8) is 0 Å². The summed E-state index contributed by atoms with van der Waals surface area (Å²) in [6, 6.07) is 7.48. The topological polar surface area (TPSA) is 15.6 Å². The van der Waals surface area contributed by atoms with Gasteiger partial charge in [-0.3, -0.25) is 0 Å². The van der Waals surface area contributed by atoms with Crippen molar-refractivity contribution in [2.75, 3.05) is 0 Å². The number of rotatable bonds is 3. The Bertz CT molecular complexity index is 503. The number of halogens is 1. The van der Waals surface area contributed by atoms with E-state index in [1.807, 2.05) is 31.6 Å². The van der Waals surface area contributed by atoms with Gasteiger partial charge in [0.15, 0.2) is 0 Å². The van der Waals surface area contributed by atoms with E-state index in [1.54, 1.807) is 12.3 Å². The molecule has 1 aliphatic heterocycles. The Labute approximate surface area is 107 Å². The predicted molar refractivity (Wildman–Crippen MR) is 70.6 cm³/mol. The molecule has 0 bridgehead atoms. The van der Waals surface area contributed by atoms with Gasteiger partial charge in [0.1, 0.15) is 11.7 Å². The smallest absolute Gasteiger partial charge is 0.128 e. The zero-order chi connectivity index (χ0) is 12.5. The van der Waals surface area contributed by atoms with Crippen LogP contribution in [0.4, 0.5) is 4.39 Å². The van der Waals surface area contributed by atoms with Gasteiger partial charge in [0.25, 0.3) is 0 Å². The third-order valence-corrected chi connectivity index (χ3v) is 3.46. The van der Waals surface area contributed by atoms with Crippen LogP contribution in [0.25, 0.3) is 0 Å². The maximum absolute atomic E-state index is 14.0. The summed E-state index contributed by atoms with van der Waals surface area (Å²) >= 11 is 0. The summed E-state index contributed by atoms with van der Waals surface area (Å²) in [4.78, 5) is 6.61. The molecule has 1 saturated carbocycles. The second-order valence-electron chi connectivity index (χ2n) is 4.72. The van der Waals surface area contributed by atoms with E-state index >= 15 is 0 Å². The first-order valence-corrected chi connectivity index (χ1v) is 6.38. The molecule has 1 aromatic carbocycles. The van der Waals surface area contributed by atoms with Gasteiger partial charge >= 0.3 is 0 Å². The Hall–Kier alpha value is -1.64. The highest BCUT2D eigenvalue weighted by Crippen LogP contribution is 2.38. The van der Waals surface area contributed by atoms with E-state index < -0.39 is 0 Å². The van der Waals surface area contributed by atoms with E-state index in [-0.39, 0.29) is 11.9 Å². The summed E-state index contributed by atoms with van der Waals surface area (Å²) in [5, 5.41) is 0. The molecule has 1 radical (unpaired) electrons. The van der Waals surface area contributed by atoms with Crippen LogP contribution in [0.15, 0.2) is 41.5 Å². The van der Waals surface area contributed by atoms with Crippen LogP contribution in [0.5, 0.6) is 0 Å². The van der Waals surface area contributed by atoms with Crippen LogP contribution in [0.2, 0.25) is 0 Å². The second kappa shape index (κ2) is 4.56. The van der Waals surface area contributed by atoms with E-state index in [1.165, 1.54) is 18.9 Å². The van der Waals surface area contributed by atoms with Gasteiger partial charge < -0.3 is 4.90 Å². The lowest BCUT2D eigenvalue weighted by Gasteiger charge is -2.34. The molecule has 0 unspecified atom stereocenters. The minimum atomic E-state index is -0.143. The third kappa shape index (κ3) is 1.94. The maximum atomic E-state index is 14.0. The second-order valence-corrected chi connectivity index (χ2v) is 4.72. The Balaban J connectivity index is 1.98. The average molecular weight is 243 g/mol. The zero-order valence-corrected chi connectivity index (χ0v) is 10.4. The quantitative estimate of drug-likeness (QED) is 0.793. The highest BCUT2D eigenvalue weighted by molar-refractivity contribution is 5.92. The molecular formula is C15H16FN2. The molecule has 1 fully saturated rings. The molecule has 18 heavy (non-hydrogen) atoms. The fourth-order valence-corrected chi connectivity index (χ4v) is 2.46. The molecule has 2 aliphatic rings. The zero-order valence-electron chi connectivity index (χ0n) is 10.4. The molecule has 93 valence electrons. The number of hydrogen-bond donors (Lipinski definition) is 0. The molecule has 0 spiro atoms. The predicted octanol–water partition coefficient (Wildman–Crippen LogP) is 3.48. The summed E-state index contributed by atoms with van der Waals surface area (Å²) < 4.78 is 14.0. The van der Waals surface area contributed by atoms with Crippen molar-refractivity contribution in [1.82, 2.24) is 4.90 Å². The Morgan fingerprint density at radius 3 is 2.78 bits per heavy atom. The van der Waals surface area contributed by atoms with Crippen molar-refractivity contribution < 1.29 is 4.39 Å². The van der Waals surface area contributed by atoms with Crippen molar-refractivity contribution >= 4 is 5.84 Å². The molecule has 3 heteroatoms. The normalized spacial score (nSPS) is 23.1. The standard InChI is InChI=1S/C15H16FN2/c1-2-15-17-10-9-14(18(15)11-7-8-11)12-5-3-4-6-13(12)16/h2-6,9-11,14H,7-8H2,1H3/t14-/m0/s1. The summed E-state index contributed by atoms with van der Waals surface area (Å²) in [7, 11) is 0. The number of amidine groups is 1. The van der Waals surface area contributed by atoms with E-state index in [0.29, 0.717) is 6.04 Å². The number of hydrogen-bond acceptors (Lipinski definition) is 2. The van der Waals surface area contributed by atoms with Crippen molar-refractivity contribution in [2.24, 2.45) is 4.99 Å². The summed E-state index contributed by atoms with van der Waals surface area (Å²) in [5.74, 6) is 0.809. The van der Waals surface area contributed by atoms with E-state index in [9.17, 15) is 4.39 Å². The molecule has 3 rings (SSSR count). The first kappa shape index (κ1) is 11.5. The van der Waals surface area contributed by atoms with Crippen molar-refractivity contribution in [2.45, 2.75) is 31.8 Å². The minimum absolute atomic E-state index is 0.0256. The summed E-state index contributed by atoms with van der Waals surface area (Å²) in [6.45, 7) is 1.98. The SMILES string of the molecule is C[CH]C1=NC=C[C@@H](c2ccccc2F)N1C1CC1. The fourth-order valence-electron chi connectivity index (χ4n) is 2.46. The molecule has 0 saturated heterocycles. The lowest BCUT2D eigenvalue weighted by molar-refractivity contribution is 0.341. The first-order valence-electron chi connectivity index (χ1n) is 6.38.